The topological polar surface area (TPSA) is 67.4 Å². The zero-order valence-corrected chi connectivity index (χ0v) is 16.7. The van der Waals surface area contributed by atoms with E-state index < -0.39 is 5.41 Å². The van der Waals surface area contributed by atoms with E-state index in [1.165, 1.54) is 0 Å². The van der Waals surface area contributed by atoms with Crippen LogP contribution in [0.15, 0.2) is 48.5 Å². The van der Waals surface area contributed by atoms with E-state index in [2.05, 4.69) is 10.6 Å². The third-order valence-electron chi connectivity index (χ3n) is 5.46. The molecule has 5 heteroatoms. The number of methoxy groups -OCH3 is 1. The maximum atomic E-state index is 13.3. The van der Waals surface area contributed by atoms with Gasteiger partial charge in [-0.1, -0.05) is 57.0 Å². The van der Waals surface area contributed by atoms with Crippen LogP contribution in [0.25, 0.3) is 0 Å². The fraction of sp³-hybridized carbons (Fsp3) is 0.391. The minimum Gasteiger partial charge on any atom is -0.494 e. The minimum atomic E-state index is -0.487. The number of carbonyl (C=O) groups excluding carboxylic acids is 2. The Labute approximate surface area is 166 Å². The molecule has 1 aliphatic rings. The van der Waals surface area contributed by atoms with Crippen molar-refractivity contribution in [3.8, 4) is 5.75 Å². The first-order valence-corrected chi connectivity index (χ1v) is 9.82. The second-order valence-corrected chi connectivity index (χ2v) is 7.67. The van der Waals surface area contributed by atoms with Crippen LogP contribution in [0.3, 0.4) is 0 Å². The quantitative estimate of drug-likeness (QED) is 0.761. The van der Waals surface area contributed by atoms with Gasteiger partial charge in [-0.2, -0.15) is 0 Å². The zero-order chi connectivity index (χ0) is 20.1. The van der Waals surface area contributed by atoms with Gasteiger partial charge in [-0.05, 0) is 30.5 Å². The van der Waals surface area contributed by atoms with E-state index in [9.17, 15) is 9.59 Å². The number of amides is 2. The second kappa shape index (κ2) is 8.46. The molecule has 0 aliphatic heterocycles. The average molecular weight is 380 g/mol. The molecule has 1 fully saturated rings. The van der Waals surface area contributed by atoms with E-state index in [0.29, 0.717) is 17.1 Å². The third kappa shape index (κ3) is 4.03. The summed E-state index contributed by atoms with van der Waals surface area (Å²) in [5.41, 5.74) is 1.83. The first-order valence-electron chi connectivity index (χ1n) is 9.82. The minimum absolute atomic E-state index is 0.0113. The van der Waals surface area contributed by atoms with Crippen molar-refractivity contribution in [1.82, 2.24) is 0 Å². The van der Waals surface area contributed by atoms with Crippen molar-refractivity contribution in [2.45, 2.75) is 44.9 Å². The first kappa shape index (κ1) is 19.9. The predicted molar refractivity (Wildman–Crippen MR) is 112 cm³/mol. The fourth-order valence-corrected chi connectivity index (χ4v) is 3.78. The third-order valence-corrected chi connectivity index (χ3v) is 5.46. The molecule has 0 radical (unpaired) electrons. The lowest BCUT2D eigenvalue weighted by molar-refractivity contribution is -0.121. The number of ether oxygens (including phenoxy) is 1. The van der Waals surface area contributed by atoms with Crippen molar-refractivity contribution in [3.05, 3.63) is 54.1 Å². The zero-order valence-electron chi connectivity index (χ0n) is 16.7. The number of anilines is 2. The van der Waals surface area contributed by atoms with Crippen molar-refractivity contribution in [2.24, 2.45) is 5.92 Å². The summed E-state index contributed by atoms with van der Waals surface area (Å²) < 4.78 is 5.42. The normalized spacial score (nSPS) is 15.3. The summed E-state index contributed by atoms with van der Waals surface area (Å²) in [5.74, 6) is 0.324. The highest BCUT2D eigenvalue weighted by Crippen LogP contribution is 2.42. The monoisotopic (exact) mass is 380 g/mol. The van der Waals surface area contributed by atoms with Crippen LogP contribution in [0.5, 0.6) is 5.75 Å². The molecule has 2 aromatic carbocycles. The molecule has 0 spiro atoms. The van der Waals surface area contributed by atoms with E-state index in [4.69, 9.17) is 4.74 Å². The molecule has 5 nitrogen and oxygen atoms in total. The Morgan fingerprint density at radius 1 is 1.00 bits per heavy atom. The molecule has 2 amide bonds. The van der Waals surface area contributed by atoms with Crippen LogP contribution in [0.2, 0.25) is 0 Å². The Balaban J connectivity index is 1.82. The van der Waals surface area contributed by atoms with Crippen LogP contribution < -0.4 is 15.4 Å². The summed E-state index contributed by atoms with van der Waals surface area (Å²) in [5, 5.41) is 5.92. The number of nitrogens with one attached hydrogen (secondary N) is 2. The van der Waals surface area contributed by atoms with Crippen LogP contribution in [-0.4, -0.2) is 18.9 Å². The van der Waals surface area contributed by atoms with E-state index >= 15 is 0 Å². The van der Waals surface area contributed by atoms with Gasteiger partial charge in [0.1, 0.15) is 5.75 Å². The molecular formula is C23H28N2O3. The van der Waals surface area contributed by atoms with Gasteiger partial charge < -0.3 is 15.4 Å². The van der Waals surface area contributed by atoms with Crippen LogP contribution in [-0.2, 0) is 15.0 Å². The summed E-state index contributed by atoms with van der Waals surface area (Å²) in [6.45, 7) is 3.67. The van der Waals surface area contributed by atoms with Gasteiger partial charge in [0.25, 0.3) is 0 Å². The smallest absolute Gasteiger partial charge is 0.235 e. The maximum absolute atomic E-state index is 13.3. The summed E-state index contributed by atoms with van der Waals surface area (Å²) in [7, 11) is 1.55. The number of rotatable bonds is 6. The molecule has 3 rings (SSSR count). The summed E-state index contributed by atoms with van der Waals surface area (Å²) in [4.78, 5) is 25.2. The van der Waals surface area contributed by atoms with Crippen LogP contribution in [0.1, 0.15) is 45.1 Å². The Morgan fingerprint density at radius 2 is 1.68 bits per heavy atom. The van der Waals surface area contributed by atoms with Crippen molar-refractivity contribution >= 4 is 23.2 Å². The number of hydrogen-bond acceptors (Lipinski definition) is 3. The lowest BCUT2D eigenvalue weighted by Crippen LogP contribution is -2.37. The molecule has 0 atom stereocenters. The highest BCUT2D eigenvalue weighted by atomic mass is 16.5. The summed E-state index contributed by atoms with van der Waals surface area (Å²) in [6.07, 6.45) is 3.79. The largest absolute Gasteiger partial charge is 0.494 e. The lowest BCUT2D eigenvalue weighted by atomic mass is 9.78. The number of carbonyl (C=O) groups is 2. The first-order chi connectivity index (χ1) is 13.5. The molecule has 0 bridgehead atoms. The fourth-order valence-electron chi connectivity index (χ4n) is 3.78. The lowest BCUT2D eigenvalue weighted by Gasteiger charge is -2.28. The van der Waals surface area contributed by atoms with Gasteiger partial charge >= 0.3 is 0 Å². The molecule has 2 aromatic rings. The Morgan fingerprint density at radius 3 is 2.29 bits per heavy atom. The predicted octanol–water partition coefficient (Wildman–Crippen LogP) is 4.74. The van der Waals surface area contributed by atoms with Gasteiger partial charge in [-0.25, -0.2) is 0 Å². The van der Waals surface area contributed by atoms with E-state index in [1.54, 1.807) is 25.3 Å². The van der Waals surface area contributed by atoms with Gasteiger partial charge in [0.05, 0.1) is 18.2 Å². The SMILES string of the molecule is COc1cc(NC(=O)C2(c3ccccc3)CCCC2)ccc1NC(=O)C(C)C. The van der Waals surface area contributed by atoms with Crippen molar-refractivity contribution < 1.29 is 14.3 Å². The van der Waals surface area contributed by atoms with Crippen molar-refractivity contribution in [3.63, 3.8) is 0 Å². The molecule has 2 N–H and O–H groups in total. The number of hydrogen-bond donors (Lipinski definition) is 2. The Kier molecular flexibility index (Phi) is 6.02. The molecule has 0 aromatic heterocycles. The highest BCUT2D eigenvalue weighted by molar-refractivity contribution is 6.00. The van der Waals surface area contributed by atoms with E-state index in [-0.39, 0.29) is 17.7 Å². The van der Waals surface area contributed by atoms with Crippen LogP contribution in [0.4, 0.5) is 11.4 Å². The van der Waals surface area contributed by atoms with Gasteiger partial charge in [0.2, 0.25) is 11.8 Å². The van der Waals surface area contributed by atoms with E-state index in [0.717, 1.165) is 31.2 Å². The average Bonchev–Trinajstić information content (AvgIpc) is 3.21. The molecule has 28 heavy (non-hydrogen) atoms. The van der Waals surface area contributed by atoms with Gasteiger partial charge in [0.15, 0.2) is 0 Å². The molecule has 0 unspecified atom stereocenters. The van der Waals surface area contributed by atoms with Crippen LogP contribution >= 0.6 is 0 Å². The second-order valence-electron chi connectivity index (χ2n) is 7.67. The molecule has 148 valence electrons. The van der Waals surface area contributed by atoms with Crippen molar-refractivity contribution in [2.75, 3.05) is 17.7 Å². The molecule has 0 saturated heterocycles. The highest BCUT2D eigenvalue weighted by Gasteiger charge is 2.42. The number of benzene rings is 2. The summed E-state index contributed by atoms with van der Waals surface area (Å²) >= 11 is 0. The standard InChI is InChI=1S/C23H28N2O3/c1-16(2)21(26)25-19-12-11-18(15-20(19)28-3)24-22(27)23(13-7-8-14-23)17-9-5-4-6-10-17/h4-6,9-12,15-16H,7-8,13-14H2,1-3H3,(H,24,27)(H,25,26). The Hall–Kier alpha value is -2.82. The van der Waals surface area contributed by atoms with Crippen LogP contribution in [0, 0.1) is 5.92 Å². The molecular weight excluding hydrogens is 352 g/mol. The van der Waals surface area contributed by atoms with Gasteiger partial charge in [-0.3, -0.25) is 9.59 Å². The maximum Gasteiger partial charge on any atom is 0.235 e. The molecule has 1 aliphatic carbocycles. The van der Waals surface area contributed by atoms with Gasteiger partial charge in [0, 0.05) is 17.7 Å². The van der Waals surface area contributed by atoms with Gasteiger partial charge in [-0.15, -0.1) is 0 Å². The molecule has 1 saturated carbocycles. The Bertz CT molecular complexity index is 840. The summed E-state index contributed by atoms with van der Waals surface area (Å²) in [6, 6.07) is 15.3. The van der Waals surface area contributed by atoms with E-state index in [1.807, 2.05) is 44.2 Å². The molecule has 0 heterocycles. The van der Waals surface area contributed by atoms with Crippen molar-refractivity contribution in [1.29, 1.82) is 0 Å².